The summed E-state index contributed by atoms with van der Waals surface area (Å²) in [6.07, 6.45) is 1.10. The first-order chi connectivity index (χ1) is 11.1. The number of nitrogens with zero attached hydrogens (tertiary/aromatic N) is 3. The molecule has 0 aliphatic carbocycles. The fourth-order valence-electron chi connectivity index (χ4n) is 1.68. The van der Waals surface area contributed by atoms with Crippen LogP contribution in [0.2, 0.25) is 0 Å². The third-order valence-corrected chi connectivity index (χ3v) is 4.96. The average molecular weight is 466 g/mol. The molecule has 0 atom stereocenters. The summed E-state index contributed by atoms with van der Waals surface area (Å²) in [5.41, 5.74) is 0.698. The van der Waals surface area contributed by atoms with Crippen LogP contribution >= 0.6 is 81.4 Å². The van der Waals surface area contributed by atoms with E-state index in [2.05, 4.69) is 21.9 Å². The van der Waals surface area contributed by atoms with Gasteiger partial charge in [0, 0.05) is 10.5 Å². The van der Waals surface area contributed by atoms with Gasteiger partial charge in [0.15, 0.2) is 17.5 Å². The van der Waals surface area contributed by atoms with Crippen LogP contribution in [-0.4, -0.2) is 20.7 Å². The molecule has 0 saturated heterocycles. The highest BCUT2D eigenvalue weighted by Crippen LogP contribution is 2.40. The number of thioether (sulfide) groups is 1. The maximum absolute atomic E-state index is 5.87. The van der Waals surface area contributed by atoms with Gasteiger partial charge >= 0.3 is 0 Å². The summed E-state index contributed by atoms with van der Waals surface area (Å²) >= 11 is 37.0. The molecule has 0 saturated carbocycles. The van der Waals surface area contributed by atoms with E-state index in [4.69, 9.17) is 69.6 Å². The Labute approximate surface area is 174 Å². The smallest absolute Gasteiger partial charge is 0.209 e. The van der Waals surface area contributed by atoms with Crippen LogP contribution in [0.25, 0.3) is 11.4 Å². The summed E-state index contributed by atoms with van der Waals surface area (Å²) in [5, 5.41) is 0. The molecule has 0 amide bonds. The molecule has 0 bridgehead atoms. The van der Waals surface area contributed by atoms with Crippen molar-refractivity contribution in [2.24, 2.45) is 0 Å². The van der Waals surface area contributed by atoms with Crippen molar-refractivity contribution < 1.29 is 0 Å². The standard InChI is InChI=1S/C14H11Cl6N3S/c1-2-7-24-9-5-3-8(4-6-9)10-21-11(13(15,16)17)23-12(22-10)14(18,19)20/h3-6H,2,7H2,1H3. The zero-order valence-corrected chi connectivity index (χ0v) is 17.6. The summed E-state index contributed by atoms with van der Waals surface area (Å²) in [6.45, 7) is 2.13. The number of hydrogen-bond donors (Lipinski definition) is 0. The second-order valence-corrected chi connectivity index (χ2v) is 10.4. The normalized spacial score (nSPS) is 12.5. The van der Waals surface area contributed by atoms with Gasteiger partial charge in [-0.2, -0.15) is 0 Å². The van der Waals surface area contributed by atoms with E-state index in [-0.39, 0.29) is 17.5 Å². The molecule has 0 radical (unpaired) electrons. The average Bonchev–Trinajstić information content (AvgIpc) is 2.51. The summed E-state index contributed by atoms with van der Waals surface area (Å²) in [6, 6.07) is 7.64. The highest BCUT2D eigenvalue weighted by molar-refractivity contribution is 7.99. The minimum absolute atomic E-state index is 0.108. The molecule has 24 heavy (non-hydrogen) atoms. The Hall–Kier alpha value is 0.320. The molecule has 0 spiro atoms. The number of hydrogen-bond acceptors (Lipinski definition) is 4. The summed E-state index contributed by atoms with van der Waals surface area (Å²) in [4.78, 5) is 13.4. The van der Waals surface area contributed by atoms with E-state index in [0.717, 1.165) is 17.1 Å². The van der Waals surface area contributed by atoms with Gasteiger partial charge in [-0.3, -0.25) is 0 Å². The molecule has 1 heterocycles. The van der Waals surface area contributed by atoms with Crippen LogP contribution in [0.5, 0.6) is 0 Å². The van der Waals surface area contributed by atoms with Crippen molar-refractivity contribution in [2.75, 3.05) is 5.75 Å². The van der Waals surface area contributed by atoms with Gasteiger partial charge in [-0.15, -0.1) is 11.8 Å². The predicted octanol–water partition coefficient (Wildman–Crippen LogP) is 6.69. The molecule has 3 nitrogen and oxygen atoms in total. The van der Waals surface area contributed by atoms with Crippen molar-refractivity contribution in [3.05, 3.63) is 35.9 Å². The molecular formula is C14H11Cl6N3S. The lowest BCUT2D eigenvalue weighted by Crippen LogP contribution is -2.16. The van der Waals surface area contributed by atoms with Crippen molar-refractivity contribution in [2.45, 2.75) is 25.8 Å². The maximum atomic E-state index is 5.87. The molecule has 2 aromatic rings. The molecule has 1 aromatic heterocycles. The van der Waals surface area contributed by atoms with E-state index in [1.54, 1.807) is 11.8 Å². The van der Waals surface area contributed by atoms with Gasteiger partial charge in [0.2, 0.25) is 7.59 Å². The van der Waals surface area contributed by atoms with Crippen LogP contribution in [0.4, 0.5) is 0 Å². The van der Waals surface area contributed by atoms with Crippen LogP contribution < -0.4 is 0 Å². The van der Waals surface area contributed by atoms with E-state index in [0.29, 0.717) is 5.56 Å². The largest absolute Gasteiger partial charge is 0.250 e. The lowest BCUT2D eigenvalue weighted by atomic mass is 10.2. The fourth-order valence-corrected chi connectivity index (χ4v) is 2.95. The molecule has 0 aliphatic heterocycles. The minimum Gasteiger partial charge on any atom is -0.209 e. The molecule has 10 heteroatoms. The van der Waals surface area contributed by atoms with Crippen LogP contribution in [0.3, 0.4) is 0 Å². The molecule has 0 N–H and O–H groups in total. The maximum Gasteiger partial charge on any atom is 0.250 e. The first kappa shape index (κ1) is 20.6. The lowest BCUT2D eigenvalue weighted by molar-refractivity contribution is 0.851. The number of benzene rings is 1. The van der Waals surface area contributed by atoms with Gasteiger partial charge in [0.25, 0.3) is 0 Å². The van der Waals surface area contributed by atoms with Crippen molar-refractivity contribution in [3.63, 3.8) is 0 Å². The Bertz CT molecular complexity index is 665. The highest BCUT2D eigenvalue weighted by atomic mass is 35.6. The van der Waals surface area contributed by atoms with Crippen molar-refractivity contribution in [3.8, 4) is 11.4 Å². The topological polar surface area (TPSA) is 38.7 Å². The van der Waals surface area contributed by atoms with E-state index in [1.165, 1.54) is 0 Å². The molecule has 0 aliphatic rings. The van der Waals surface area contributed by atoms with E-state index in [9.17, 15) is 0 Å². The quantitative estimate of drug-likeness (QED) is 0.372. The number of halogens is 6. The molecule has 0 fully saturated rings. The summed E-state index contributed by atoms with van der Waals surface area (Å²) < 4.78 is -3.72. The van der Waals surface area contributed by atoms with Gasteiger partial charge < -0.3 is 0 Å². The predicted molar refractivity (Wildman–Crippen MR) is 105 cm³/mol. The number of alkyl halides is 6. The van der Waals surface area contributed by atoms with Gasteiger partial charge in [-0.1, -0.05) is 88.7 Å². The second-order valence-electron chi connectivity index (χ2n) is 4.67. The Morgan fingerprint density at radius 1 is 0.833 bits per heavy atom. The van der Waals surface area contributed by atoms with E-state index in [1.807, 2.05) is 24.3 Å². The van der Waals surface area contributed by atoms with Crippen molar-refractivity contribution in [1.82, 2.24) is 15.0 Å². The van der Waals surface area contributed by atoms with Gasteiger partial charge in [0.1, 0.15) is 0 Å². The molecule has 1 aromatic carbocycles. The Morgan fingerprint density at radius 2 is 1.33 bits per heavy atom. The molecule has 2 rings (SSSR count). The molecular weight excluding hydrogens is 455 g/mol. The Morgan fingerprint density at radius 3 is 1.75 bits per heavy atom. The lowest BCUT2D eigenvalue weighted by Gasteiger charge is -2.15. The number of aromatic nitrogens is 3. The second kappa shape index (κ2) is 8.34. The Balaban J connectivity index is 2.45. The monoisotopic (exact) mass is 463 g/mol. The Kier molecular flexibility index (Phi) is 7.17. The van der Waals surface area contributed by atoms with E-state index >= 15 is 0 Å². The zero-order valence-electron chi connectivity index (χ0n) is 12.2. The minimum atomic E-state index is -1.86. The third-order valence-electron chi connectivity index (χ3n) is 2.73. The van der Waals surface area contributed by atoms with Crippen molar-refractivity contribution in [1.29, 1.82) is 0 Å². The summed E-state index contributed by atoms with van der Waals surface area (Å²) in [5.74, 6) is 1.09. The van der Waals surface area contributed by atoms with Crippen LogP contribution in [0, 0.1) is 0 Å². The molecule has 0 unspecified atom stereocenters. The van der Waals surface area contributed by atoms with Crippen LogP contribution in [0.1, 0.15) is 25.0 Å². The van der Waals surface area contributed by atoms with Gasteiger partial charge in [-0.25, -0.2) is 15.0 Å². The zero-order chi connectivity index (χ0) is 18.0. The van der Waals surface area contributed by atoms with Crippen molar-refractivity contribution >= 4 is 81.4 Å². The third kappa shape index (κ3) is 5.66. The fraction of sp³-hybridized carbons (Fsp3) is 0.357. The van der Waals surface area contributed by atoms with Crippen LogP contribution in [-0.2, 0) is 7.59 Å². The highest BCUT2D eigenvalue weighted by Gasteiger charge is 2.33. The SMILES string of the molecule is CCCSc1ccc(-c2nc(C(Cl)(Cl)Cl)nc(C(Cl)(Cl)Cl)n2)cc1. The van der Waals surface area contributed by atoms with E-state index < -0.39 is 7.59 Å². The first-order valence-electron chi connectivity index (χ1n) is 6.75. The summed E-state index contributed by atoms with van der Waals surface area (Å²) in [7, 11) is 0. The molecule has 130 valence electrons. The van der Waals surface area contributed by atoms with Crippen LogP contribution in [0.15, 0.2) is 29.2 Å². The van der Waals surface area contributed by atoms with Gasteiger partial charge in [0.05, 0.1) is 0 Å². The van der Waals surface area contributed by atoms with Gasteiger partial charge in [-0.05, 0) is 24.3 Å². The number of rotatable bonds is 4. The first-order valence-corrected chi connectivity index (χ1v) is 10.0.